The van der Waals surface area contributed by atoms with Gasteiger partial charge in [0.15, 0.2) is 6.29 Å². The van der Waals surface area contributed by atoms with E-state index in [2.05, 4.69) is 19.2 Å². The van der Waals surface area contributed by atoms with E-state index in [0.29, 0.717) is 37.9 Å². The molecule has 25 heavy (non-hydrogen) atoms. The van der Waals surface area contributed by atoms with E-state index >= 15 is 0 Å². The molecule has 0 aromatic rings. The minimum Gasteiger partial charge on any atom is -0.353 e. The highest BCUT2D eigenvalue weighted by molar-refractivity contribution is 5.82. The van der Waals surface area contributed by atoms with Gasteiger partial charge in [-0.3, -0.25) is 4.79 Å². The van der Waals surface area contributed by atoms with Gasteiger partial charge in [0.05, 0.1) is 6.61 Å². The quantitative estimate of drug-likeness (QED) is 0.811. The van der Waals surface area contributed by atoms with Gasteiger partial charge < -0.3 is 14.8 Å². The standard InChI is InChI=1S/C18H28F3NO3/c1-17(2)11-9-13(17)12(6-8-25-15-5-3-4-7-24-15)14(10-11)22-16(23)18(19,20)21/h11-15H,3-10H2,1-2H3,(H,22,23)/t11-,12+,13+,14-,15?/m1/s1. The Labute approximate surface area is 146 Å². The van der Waals surface area contributed by atoms with Crippen molar-refractivity contribution in [3.63, 3.8) is 0 Å². The van der Waals surface area contributed by atoms with E-state index in [1.807, 2.05) is 0 Å². The van der Waals surface area contributed by atoms with Crippen LogP contribution >= 0.6 is 0 Å². The summed E-state index contributed by atoms with van der Waals surface area (Å²) in [4.78, 5) is 11.4. The van der Waals surface area contributed by atoms with Crippen molar-refractivity contribution in [2.24, 2.45) is 23.2 Å². The average molecular weight is 363 g/mol. The molecule has 4 rings (SSSR count). The van der Waals surface area contributed by atoms with Crippen molar-refractivity contribution in [1.82, 2.24) is 5.32 Å². The number of rotatable bonds is 5. The molecular weight excluding hydrogens is 335 g/mol. The molecule has 4 nitrogen and oxygen atoms in total. The van der Waals surface area contributed by atoms with Gasteiger partial charge in [-0.15, -0.1) is 0 Å². The van der Waals surface area contributed by atoms with Gasteiger partial charge in [-0.25, -0.2) is 0 Å². The Morgan fingerprint density at radius 1 is 1.28 bits per heavy atom. The lowest BCUT2D eigenvalue weighted by Gasteiger charge is -2.62. The normalized spacial score (nSPS) is 37.2. The number of hydrogen-bond donors (Lipinski definition) is 1. The zero-order valence-corrected chi connectivity index (χ0v) is 14.9. The zero-order chi connectivity index (χ0) is 18.2. The maximum absolute atomic E-state index is 12.6. The number of carbonyl (C=O) groups excluding carboxylic acids is 1. The fraction of sp³-hybridized carbons (Fsp3) is 0.944. The summed E-state index contributed by atoms with van der Waals surface area (Å²) in [6.45, 7) is 5.54. The Morgan fingerprint density at radius 3 is 2.64 bits per heavy atom. The molecule has 2 bridgehead atoms. The van der Waals surface area contributed by atoms with Gasteiger partial charge >= 0.3 is 12.1 Å². The molecule has 1 amide bonds. The van der Waals surface area contributed by atoms with Gasteiger partial charge in [-0.2, -0.15) is 13.2 Å². The second-order valence-corrected chi connectivity index (χ2v) is 8.29. The summed E-state index contributed by atoms with van der Waals surface area (Å²) in [6, 6.07) is -0.415. The third-order valence-corrected chi connectivity index (χ3v) is 6.59. The third kappa shape index (κ3) is 3.97. The predicted molar refractivity (Wildman–Crippen MR) is 85.6 cm³/mol. The van der Waals surface area contributed by atoms with E-state index < -0.39 is 18.1 Å². The molecule has 1 saturated heterocycles. The van der Waals surface area contributed by atoms with Crippen molar-refractivity contribution in [2.75, 3.05) is 13.2 Å². The van der Waals surface area contributed by atoms with Crippen LogP contribution in [0.4, 0.5) is 13.2 Å². The van der Waals surface area contributed by atoms with E-state index in [0.717, 1.165) is 25.7 Å². The van der Waals surface area contributed by atoms with Crippen LogP contribution in [0.5, 0.6) is 0 Å². The molecule has 5 atom stereocenters. The van der Waals surface area contributed by atoms with Gasteiger partial charge in [0.1, 0.15) is 0 Å². The molecule has 3 aliphatic carbocycles. The molecule has 144 valence electrons. The number of hydrogen-bond acceptors (Lipinski definition) is 3. The van der Waals surface area contributed by atoms with Gasteiger partial charge in [-0.05, 0) is 61.7 Å². The average Bonchev–Trinajstić information content (AvgIpc) is 2.55. The fourth-order valence-corrected chi connectivity index (χ4v) is 4.94. The minimum atomic E-state index is -4.83. The van der Waals surface area contributed by atoms with Crippen LogP contribution in [0.2, 0.25) is 0 Å². The number of ether oxygens (including phenoxy) is 2. The minimum absolute atomic E-state index is 0.0230. The van der Waals surface area contributed by atoms with Crippen molar-refractivity contribution >= 4 is 5.91 Å². The molecule has 7 heteroatoms. The largest absolute Gasteiger partial charge is 0.471 e. The second kappa shape index (κ2) is 7.06. The second-order valence-electron chi connectivity index (χ2n) is 8.29. The Morgan fingerprint density at radius 2 is 2.04 bits per heavy atom. The SMILES string of the molecule is CC1(C)[C@H]2C[C@@H](NC(=O)C(F)(F)F)[C@@H](CCOC3CCCCO3)[C@@H]1C2. The van der Waals surface area contributed by atoms with Gasteiger partial charge in [0, 0.05) is 12.6 Å². The number of fused-ring (bicyclic) bond motifs is 2. The van der Waals surface area contributed by atoms with Crippen LogP contribution in [-0.2, 0) is 14.3 Å². The summed E-state index contributed by atoms with van der Waals surface area (Å²) in [6.07, 6.45) is 0.295. The highest BCUT2D eigenvalue weighted by Gasteiger charge is 2.58. The number of nitrogens with one attached hydrogen (secondary N) is 1. The first-order valence-electron chi connectivity index (χ1n) is 9.30. The van der Waals surface area contributed by atoms with Crippen molar-refractivity contribution in [1.29, 1.82) is 0 Å². The van der Waals surface area contributed by atoms with Crippen molar-refractivity contribution in [3.05, 3.63) is 0 Å². The van der Waals surface area contributed by atoms with Crippen LogP contribution in [0.15, 0.2) is 0 Å². The topological polar surface area (TPSA) is 47.6 Å². The number of amides is 1. The molecule has 0 spiro atoms. The molecule has 1 aliphatic heterocycles. The van der Waals surface area contributed by atoms with E-state index in [4.69, 9.17) is 9.47 Å². The monoisotopic (exact) mass is 363 g/mol. The van der Waals surface area contributed by atoms with Crippen molar-refractivity contribution in [3.8, 4) is 0 Å². The molecular formula is C18H28F3NO3. The molecule has 0 radical (unpaired) electrons. The number of halogens is 3. The maximum Gasteiger partial charge on any atom is 0.471 e. The molecule has 3 saturated carbocycles. The molecule has 1 N–H and O–H groups in total. The van der Waals surface area contributed by atoms with E-state index in [-0.39, 0.29) is 17.6 Å². The van der Waals surface area contributed by atoms with Crippen LogP contribution in [0.1, 0.15) is 52.4 Å². The summed E-state index contributed by atoms with van der Waals surface area (Å²) in [5.74, 6) is -1.08. The third-order valence-electron chi connectivity index (χ3n) is 6.59. The first-order valence-corrected chi connectivity index (χ1v) is 9.30. The van der Waals surface area contributed by atoms with Gasteiger partial charge in [0.25, 0.3) is 0 Å². The summed E-state index contributed by atoms with van der Waals surface area (Å²) in [7, 11) is 0. The lowest BCUT2D eigenvalue weighted by Crippen LogP contribution is -2.62. The smallest absolute Gasteiger partial charge is 0.353 e. The molecule has 1 unspecified atom stereocenters. The molecule has 4 fully saturated rings. The summed E-state index contributed by atoms with van der Waals surface area (Å²) in [5, 5.41) is 2.25. The molecule has 0 aromatic heterocycles. The van der Waals surface area contributed by atoms with E-state index in [1.165, 1.54) is 0 Å². The Bertz CT molecular complexity index is 488. The highest BCUT2D eigenvalue weighted by Crippen LogP contribution is 2.62. The molecule has 1 heterocycles. The summed E-state index contributed by atoms with van der Waals surface area (Å²) in [5.41, 5.74) is 0.130. The zero-order valence-electron chi connectivity index (χ0n) is 14.9. The molecule has 0 aromatic carbocycles. The van der Waals surface area contributed by atoms with Crippen LogP contribution in [0.25, 0.3) is 0 Å². The predicted octanol–water partition coefficient (Wildman–Crippen LogP) is 3.65. The van der Waals surface area contributed by atoms with Crippen LogP contribution in [-0.4, -0.2) is 37.6 Å². The summed E-state index contributed by atoms with van der Waals surface area (Å²) >= 11 is 0. The van der Waals surface area contributed by atoms with Crippen LogP contribution in [0.3, 0.4) is 0 Å². The van der Waals surface area contributed by atoms with E-state index in [9.17, 15) is 18.0 Å². The lowest BCUT2D eigenvalue weighted by atomic mass is 9.44. The van der Waals surface area contributed by atoms with Gasteiger partial charge in [-0.1, -0.05) is 13.8 Å². The first-order chi connectivity index (χ1) is 11.7. The van der Waals surface area contributed by atoms with Gasteiger partial charge in [0.2, 0.25) is 0 Å². The molecule has 4 aliphatic rings. The van der Waals surface area contributed by atoms with Crippen molar-refractivity contribution < 1.29 is 27.4 Å². The number of carbonyl (C=O) groups is 1. The first kappa shape index (κ1) is 19.0. The number of alkyl halides is 3. The Hall–Kier alpha value is -0.820. The van der Waals surface area contributed by atoms with E-state index in [1.54, 1.807) is 0 Å². The van der Waals surface area contributed by atoms with Crippen LogP contribution in [0, 0.1) is 23.2 Å². The highest BCUT2D eigenvalue weighted by atomic mass is 19.4. The summed E-state index contributed by atoms with van der Waals surface area (Å²) < 4.78 is 49.2. The Kier molecular flexibility index (Phi) is 5.36. The Balaban J connectivity index is 1.58. The van der Waals surface area contributed by atoms with Crippen molar-refractivity contribution in [2.45, 2.75) is 70.9 Å². The lowest BCUT2D eigenvalue weighted by molar-refractivity contribution is -0.184. The fourth-order valence-electron chi connectivity index (χ4n) is 4.94. The maximum atomic E-state index is 12.6. The van der Waals surface area contributed by atoms with Crippen LogP contribution < -0.4 is 5.32 Å².